The van der Waals surface area contributed by atoms with Crippen molar-refractivity contribution in [2.45, 2.75) is 51.5 Å². The van der Waals surface area contributed by atoms with Crippen molar-refractivity contribution in [3.63, 3.8) is 0 Å². The number of benzene rings is 1. The van der Waals surface area contributed by atoms with Crippen LogP contribution in [0.25, 0.3) is 0 Å². The van der Waals surface area contributed by atoms with Crippen LogP contribution in [0.1, 0.15) is 44.6 Å². The largest absolute Gasteiger partial charge is 0.314 e. The van der Waals surface area contributed by atoms with Gasteiger partial charge in [0, 0.05) is 6.04 Å². The number of rotatable bonds is 5. The molecule has 2 rings (SSSR count). The van der Waals surface area contributed by atoms with E-state index in [1.165, 1.54) is 38.2 Å². The molecule has 2 unspecified atom stereocenters. The Hall–Kier alpha value is -0.890. The van der Waals surface area contributed by atoms with Gasteiger partial charge in [-0.3, -0.25) is 0 Å². The Morgan fingerprint density at radius 2 is 2.11 bits per heavy atom. The van der Waals surface area contributed by atoms with Crippen LogP contribution in [0.5, 0.6) is 0 Å². The number of hydrogen-bond acceptors (Lipinski definition) is 1. The summed E-state index contributed by atoms with van der Waals surface area (Å²) in [5.74, 6) is 0.563. The molecule has 0 aliphatic heterocycles. The number of hydrogen-bond donors (Lipinski definition) is 1. The van der Waals surface area contributed by atoms with Gasteiger partial charge in [0.1, 0.15) is 5.82 Å². The molecule has 100 valence electrons. The van der Waals surface area contributed by atoms with Gasteiger partial charge in [-0.05, 0) is 55.8 Å². The Bertz CT molecular complexity index is 364. The number of nitrogens with one attached hydrogen (secondary N) is 1. The predicted octanol–water partition coefficient (Wildman–Crippen LogP) is 3.93. The molecule has 1 aromatic rings. The average molecular weight is 249 g/mol. The highest BCUT2D eigenvalue weighted by molar-refractivity contribution is 5.17. The van der Waals surface area contributed by atoms with Crippen molar-refractivity contribution in [3.8, 4) is 0 Å². The molecule has 1 aliphatic rings. The standard InChI is InChI=1S/C16H24FN/c1-2-10-18-16-9-4-3-7-14(16)11-13-6-5-8-15(17)12-13/h5-6,8,12,14,16,18H,2-4,7,9-11H2,1H3. The van der Waals surface area contributed by atoms with Gasteiger partial charge in [-0.2, -0.15) is 0 Å². The van der Waals surface area contributed by atoms with Crippen LogP contribution in [0.4, 0.5) is 4.39 Å². The second-order valence-corrected chi connectivity index (χ2v) is 5.44. The van der Waals surface area contributed by atoms with E-state index in [1.807, 2.05) is 6.07 Å². The summed E-state index contributed by atoms with van der Waals surface area (Å²) >= 11 is 0. The molecule has 1 aliphatic carbocycles. The zero-order chi connectivity index (χ0) is 12.8. The van der Waals surface area contributed by atoms with E-state index in [9.17, 15) is 4.39 Å². The third-order valence-corrected chi connectivity index (χ3v) is 3.95. The molecule has 1 nitrogen and oxygen atoms in total. The first-order valence-corrected chi connectivity index (χ1v) is 7.27. The molecule has 0 radical (unpaired) electrons. The summed E-state index contributed by atoms with van der Waals surface area (Å²) in [7, 11) is 0. The SMILES string of the molecule is CCCNC1CCCCC1Cc1cccc(F)c1. The fourth-order valence-corrected chi connectivity index (χ4v) is 3.02. The Morgan fingerprint density at radius 1 is 1.28 bits per heavy atom. The Balaban J connectivity index is 1.96. The molecule has 0 saturated heterocycles. The van der Waals surface area contributed by atoms with E-state index >= 15 is 0 Å². The fourth-order valence-electron chi connectivity index (χ4n) is 3.02. The predicted molar refractivity (Wildman–Crippen MR) is 74.1 cm³/mol. The lowest BCUT2D eigenvalue weighted by atomic mass is 9.80. The van der Waals surface area contributed by atoms with E-state index in [0.717, 1.165) is 18.5 Å². The van der Waals surface area contributed by atoms with Gasteiger partial charge in [-0.15, -0.1) is 0 Å². The van der Waals surface area contributed by atoms with E-state index in [2.05, 4.69) is 18.3 Å². The molecular weight excluding hydrogens is 225 g/mol. The molecule has 1 fully saturated rings. The summed E-state index contributed by atoms with van der Waals surface area (Å²) in [5, 5.41) is 3.66. The first-order valence-electron chi connectivity index (χ1n) is 7.27. The molecule has 2 heteroatoms. The van der Waals surface area contributed by atoms with Gasteiger partial charge < -0.3 is 5.32 Å². The molecule has 1 aromatic carbocycles. The minimum Gasteiger partial charge on any atom is -0.314 e. The summed E-state index contributed by atoms with van der Waals surface area (Å²) < 4.78 is 13.2. The van der Waals surface area contributed by atoms with Crippen LogP contribution in [0.3, 0.4) is 0 Å². The van der Waals surface area contributed by atoms with Crippen molar-refractivity contribution < 1.29 is 4.39 Å². The second kappa shape index (κ2) is 6.89. The lowest BCUT2D eigenvalue weighted by Gasteiger charge is -2.32. The Morgan fingerprint density at radius 3 is 2.89 bits per heavy atom. The summed E-state index contributed by atoms with van der Waals surface area (Å²) in [6, 6.07) is 7.71. The molecule has 0 bridgehead atoms. The van der Waals surface area contributed by atoms with Crippen molar-refractivity contribution in [1.29, 1.82) is 0 Å². The minimum absolute atomic E-state index is 0.110. The zero-order valence-corrected chi connectivity index (χ0v) is 11.3. The highest BCUT2D eigenvalue weighted by Crippen LogP contribution is 2.27. The van der Waals surface area contributed by atoms with E-state index in [-0.39, 0.29) is 5.82 Å². The van der Waals surface area contributed by atoms with Crippen molar-refractivity contribution in [2.24, 2.45) is 5.92 Å². The fraction of sp³-hybridized carbons (Fsp3) is 0.625. The molecule has 1 N–H and O–H groups in total. The van der Waals surface area contributed by atoms with Crippen LogP contribution in [-0.4, -0.2) is 12.6 Å². The van der Waals surface area contributed by atoms with E-state index < -0.39 is 0 Å². The maximum atomic E-state index is 13.2. The van der Waals surface area contributed by atoms with E-state index in [1.54, 1.807) is 6.07 Å². The summed E-state index contributed by atoms with van der Waals surface area (Å²) in [4.78, 5) is 0. The highest BCUT2D eigenvalue weighted by atomic mass is 19.1. The smallest absolute Gasteiger partial charge is 0.123 e. The van der Waals surface area contributed by atoms with Gasteiger partial charge in [0.05, 0.1) is 0 Å². The average Bonchev–Trinajstić information content (AvgIpc) is 2.38. The van der Waals surface area contributed by atoms with Crippen molar-refractivity contribution in [3.05, 3.63) is 35.6 Å². The molecule has 2 atom stereocenters. The Labute approximate surface area is 110 Å². The highest BCUT2D eigenvalue weighted by Gasteiger charge is 2.24. The molecule has 0 heterocycles. The minimum atomic E-state index is -0.110. The van der Waals surface area contributed by atoms with Crippen LogP contribution >= 0.6 is 0 Å². The van der Waals surface area contributed by atoms with E-state index in [4.69, 9.17) is 0 Å². The first-order chi connectivity index (χ1) is 8.79. The third-order valence-electron chi connectivity index (χ3n) is 3.95. The van der Waals surface area contributed by atoms with Crippen LogP contribution < -0.4 is 5.32 Å². The van der Waals surface area contributed by atoms with Crippen molar-refractivity contribution in [1.82, 2.24) is 5.32 Å². The second-order valence-electron chi connectivity index (χ2n) is 5.44. The monoisotopic (exact) mass is 249 g/mol. The van der Waals surface area contributed by atoms with Gasteiger partial charge in [0.2, 0.25) is 0 Å². The Kier molecular flexibility index (Phi) is 5.18. The van der Waals surface area contributed by atoms with Gasteiger partial charge >= 0.3 is 0 Å². The van der Waals surface area contributed by atoms with Gasteiger partial charge in [0.25, 0.3) is 0 Å². The van der Waals surface area contributed by atoms with E-state index in [0.29, 0.717) is 12.0 Å². The quantitative estimate of drug-likeness (QED) is 0.834. The molecule has 1 saturated carbocycles. The lowest BCUT2D eigenvalue weighted by Crippen LogP contribution is -2.39. The third kappa shape index (κ3) is 3.81. The topological polar surface area (TPSA) is 12.0 Å². The molecule has 0 amide bonds. The molecular formula is C16H24FN. The van der Waals surface area contributed by atoms with Gasteiger partial charge in [-0.1, -0.05) is 31.9 Å². The van der Waals surface area contributed by atoms with Crippen LogP contribution in [-0.2, 0) is 6.42 Å². The molecule has 0 spiro atoms. The molecule has 0 aromatic heterocycles. The number of halogens is 1. The normalized spacial score (nSPS) is 24.1. The van der Waals surface area contributed by atoms with Crippen LogP contribution in [0.15, 0.2) is 24.3 Å². The van der Waals surface area contributed by atoms with Gasteiger partial charge in [-0.25, -0.2) is 4.39 Å². The first kappa shape index (κ1) is 13.5. The van der Waals surface area contributed by atoms with Crippen molar-refractivity contribution in [2.75, 3.05) is 6.54 Å². The van der Waals surface area contributed by atoms with Gasteiger partial charge in [0.15, 0.2) is 0 Å². The summed E-state index contributed by atoms with van der Waals surface area (Å²) in [5.41, 5.74) is 1.14. The molecule has 18 heavy (non-hydrogen) atoms. The zero-order valence-electron chi connectivity index (χ0n) is 11.3. The maximum Gasteiger partial charge on any atom is 0.123 e. The summed E-state index contributed by atoms with van der Waals surface area (Å²) in [6.45, 7) is 3.31. The summed E-state index contributed by atoms with van der Waals surface area (Å²) in [6.07, 6.45) is 7.41. The lowest BCUT2D eigenvalue weighted by molar-refractivity contribution is 0.261. The van der Waals surface area contributed by atoms with Crippen molar-refractivity contribution >= 4 is 0 Å². The van der Waals surface area contributed by atoms with Crippen LogP contribution in [0.2, 0.25) is 0 Å². The maximum absolute atomic E-state index is 13.2. The van der Waals surface area contributed by atoms with Crippen LogP contribution in [0, 0.1) is 11.7 Å².